The lowest BCUT2D eigenvalue weighted by atomic mass is 10.1. The molecule has 0 radical (unpaired) electrons. The molecule has 2 aromatic carbocycles. The van der Waals surface area contributed by atoms with E-state index < -0.39 is 17.9 Å². The van der Waals surface area contributed by atoms with Gasteiger partial charge in [0.15, 0.2) is 6.10 Å². The molecule has 0 spiro atoms. The van der Waals surface area contributed by atoms with E-state index in [0.717, 1.165) is 0 Å². The van der Waals surface area contributed by atoms with Crippen molar-refractivity contribution in [3.8, 4) is 0 Å². The van der Waals surface area contributed by atoms with Crippen LogP contribution in [-0.2, 0) is 20.7 Å². The molecule has 6 heteroatoms. The fourth-order valence-electron chi connectivity index (χ4n) is 2.33. The van der Waals surface area contributed by atoms with Crippen LogP contribution in [0.15, 0.2) is 48.5 Å². The van der Waals surface area contributed by atoms with Gasteiger partial charge in [-0.3, -0.25) is 14.4 Å². The number of halogens is 1. The number of ether oxygens (including phenoxy) is 1. The van der Waals surface area contributed by atoms with Crippen LogP contribution in [0.3, 0.4) is 0 Å². The van der Waals surface area contributed by atoms with E-state index in [-0.39, 0.29) is 29.6 Å². The zero-order valence-corrected chi connectivity index (χ0v) is 15.5. The highest BCUT2D eigenvalue weighted by atomic mass is 19.1. The van der Waals surface area contributed by atoms with Crippen molar-refractivity contribution in [3.63, 3.8) is 0 Å². The van der Waals surface area contributed by atoms with Crippen LogP contribution in [0.4, 0.5) is 10.1 Å². The lowest BCUT2D eigenvalue weighted by molar-refractivity contribution is -0.145. The Bertz CT molecular complexity index is 830. The molecule has 0 saturated carbocycles. The van der Waals surface area contributed by atoms with E-state index in [9.17, 15) is 18.8 Å². The first-order valence-corrected chi connectivity index (χ1v) is 8.66. The second-order valence-corrected chi connectivity index (χ2v) is 6.49. The largest absolute Gasteiger partial charge is 0.454 e. The van der Waals surface area contributed by atoms with Gasteiger partial charge in [0.25, 0.3) is 0 Å². The van der Waals surface area contributed by atoms with Gasteiger partial charge in [-0.1, -0.05) is 32.0 Å². The maximum Gasteiger partial charge on any atom is 0.311 e. The minimum atomic E-state index is -1.000. The van der Waals surface area contributed by atoms with Crippen LogP contribution in [0, 0.1) is 11.7 Å². The molecule has 2 aromatic rings. The summed E-state index contributed by atoms with van der Waals surface area (Å²) in [6.45, 7) is 5.03. The molecule has 0 saturated heterocycles. The average Bonchev–Trinajstić information content (AvgIpc) is 2.63. The predicted molar refractivity (Wildman–Crippen MR) is 99.9 cm³/mol. The molecule has 0 fully saturated rings. The summed E-state index contributed by atoms with van der Waals surface area (Å²) < 4.78 is 18.7. The molecule has 1 atom stereocenters. The molecule has 0 bridgehead atoms. The minimum Gasteiger partial charge on any atom is -0.454 e. The quantitative estimate of drug-likeness (QED) is 0.594. The van der Waals surface area contributed by atoms with Crippen molar-refractivity contribution < 1.29 is 23.5 Å². The average molecular weight is 371 g/mol. The first-order chi connectivity index (χ1) is 12.8. The lowest BCUT2D eigenvalue weighted by Crippen LogP contribution is -2.25. The van der Waals surface area contributed by atoms with Gasteiger partial charge in [0, 0.05) is 17.2 Å². The number of carbonyl (C=O) groups is 3. The van der Waals surface area contributed by atoms with Crippen LogP contribution in [0.1, 0.15) is 36.7 Å². The summed E-state index contributed by atoms with van der Waals surface area (Å²) in [6.07, 6.45) is -1.25. The third-order valence-electron chi connectivity index (χ3n) is 3.93. The minimum absolute atomic E-state index is 0.121. The predicted octanol–water partition coefficient (Wildman–Crippen LogP) is 3.78. The molecule has 1 amide bonds. The molecule has 0 aromatic heterocycles. The fourth-order valence-corrected chi connectivity index (χ4v) is 2.33. The summed E-state index contributed by atoms with van der Waals surface area (Å²) in [6, 6.07) is 12.2. The Morgan fingerprint density at radius 2 is 1.63 bits per heavy atom. The summed E-state index contributed by atoms with van der Waals surface area (Å²) in [4.78, 5) is 36.0. The highest BCUT2D eigenvalue weighted by Crippen LogP contribution is 2.14. The highest BCUT2D eigenvalue weighted by Gasteiger charge is 2.20. The molecule has 0 aliphatic rings. The zero-order chi connectivity index (χ0) is 20.0. The van der Waals surface area contributed by atoms with Crippen LogP contribution in [0.25, 0.3) is 0 Å². The van der Waals surface area contributed by atoms with Crippen LogP contribution in [0.5, 0.6) is 0 Å². The smallest absolute Gasteiger partial charge is 0.311 e. The third kappa shape index (κ3) is 5.74. The van der Waals surface area contributed by atoms with E-state index in [1.54, 1.807) is 44.2 Å². The summed E-state index contributed by atoms with van der Waals surface area (Å²) in [5.41, 5.74) is 1.14. The third-order valence-corrected chi connectivity index (χ3v) is 3.93. The van der Waals surface area contributed by atoms with E-state index in [1.165, 1.54) is 25.1 Å². The number of Topliss-reactive ketones (excluding diaryl/α,β-unsaturated/α-hetero) is 1. The maximum atomic E-state index is 13.6. The SMILES string of the molecule is CC(C)C(=O)Nc1ccc(C(=O)[C@@H](C)OC(=O)Cc2ccccc2F)cc1. The van der Waals surface area contributed by atoms with Crippen molar-refractivity contribution in [1.29, 1.82) is 0 Å². The molecule has 5 nitrogen and oxygen atoms in total. The lowest BCUT2D eigenvalue weighted by Gasteiger charge is -2.13. The normalized spacial score (nSPS) is 11.7. The first kappa shape index (κ1) is 20.3. The molecule has 142 valence electrons. The Hall–Kier alpha value is -3.02. The standard InChI is InChI=1S/C21H22FNO4/c1-13(2)21(26)23-17-10-8-15(9-11-17)20(25)14(3)27-19(24)12-16-6-4-5-7-18(16)22/h4-11,13-14H,12H2,1-3H3,(H,23,26)/t14-/m1/s1. The van der Waals surface area contributed by atoms with E-state index in [2.05, 4.69) is 5.32 Å². The Balaban J connectivity index is 1.95. The molecule has 0 unspecified atom stereocenters. The number of benzene rings is 2. The van der Waals surface area contributed by atoms with Crippen molar-refractivity contribution in [3.05, 3.63) is 65.5 Å². The maximum absolute atomic E-state index is 13.6. The second-order valence-electron chi connectivity index (χ2n) is 6.49. The summed E-state index contributed by atoms with van der Waals surface area (Å²) in [7, 11) is 0. The first-order valence-electron chi connectivity index (χ1n) is 8.66. The molecule has 1 N–H and O–H groups in total. The summed E-state index contributed by atoms with van der Waals surface area (Å²) in [5, 5.41) is 2.73. The molecule has 0 aliphatic carbocycles. The van der Waals surface area contributed by atoms with Gasteiger partial charge in [-0.05, 0) is 42.8 Å². The van der Waals surface area contributed by atoms with Gasteiger partial charge in [-0.15, -0.1) is 0 Å². The summed E-state index contributed by atoms with van der Waals surface area (Å²) in [5.74, 6) is -1.82. The van der Waals surface area contributed by atoms with E-state index >= 15 is 0 Å². The molecule has 0 aliphatic heterocycles. The number of rotatable bonds is 7. The Labute approximate surface area is 157 Å². The van der Waals surface area contributed by atoms with E-state index in [0.29, 0.717) is 11.3 Å². The van der Waals surface area contributed by atoms with Crippen molar-refractivity contribution >= 4 is 23.3 Å². The van der Waals surface area contributed by atoms with Crippen molar-refractivity contribution in [2.24, 2.45) is 5.92 Å². The van der Waals surface area contributed by atoms with Crippen LogP contribution >= 0.6 is 0 Å². The van der Waals surface area contributed by atoms with Gasteiger partial charge in [0.2, 0.25) is 11.7 Å². The Morgan fingerprint density at radius 1 is 1.00 bits per heavy atom. The monoisotopic (exact) mass is 371 g/mol. The number of amides is 1. The number of ketones is 1. The van der Waals surface area contributed by atoms with Gasteiger partial charge in [0.1, 0.15) is 5.82 Å². The van der Waals surface area contributed by atoms with Gasteiger partial charge >= 0.3 is 5.97 Å². The molecular weight excluding hydrogens is 349 g/mol. The Morgan fingerprint density at radius 3 is 2.22 bits per heavy atom. The number of esters is 1. The van der Waals surface area contributed by atoms with Crippen molar-refractivity contribution in [1.82, 2.24) is 0 Å². The van der Waals surface area contributed by atoms with Crippen LogP contribution < -0.4 is 5.32 Å². The Kier molecular flexibility index (Phi) is 6.82. The van der Waals surface area contributed by atoms with Crippen LogP contribution in [0.2, 0.25) is 0 Å². The van der Waals surface area contributed by atoms with Gasteiger partial charge in [-0.25, -0.2) is 4.39 Å². The number of anilines is 1. The molecule has 0 heterocycles. The number of hydrogen-bond acceptors (Lipinski definition) is 4. The van der Waals surface area contributed by atoms with E-state index in [4.69, 9.17) is 4.74 Å². The van der Waals surface area contributed by atoms with Crippen molar-refractivity contribution in [2.45, 2.75) is 33.3 Å². The van der Waals surface area contributed by atoms with Gasteiger partial charge < -0.3 is 10.1 Å². The van der Waals surface area contributed by atoms with Gasteiger partial charge in [0.05, 0.1) is 6.42 Å². The van der Waals surface area contributed by atoms with Crippen molar-refractivity contribution in [2.75, 3.05) is 5.32 Å². The van der Waals surface area contributed by atoms with Crippen LogP contribution in [-0.4, -0.2) is 23.8 Å². The zero-order valence-electron chi connectivity index (χ0n) is 15.5. The molecular formula is C21H22FNO4. The number of carbonyl (C=O) groups excluding carboxylic acids is 3. The summed E-state index contributed by atoms with van der Waals surface area (Å²) >= 11 is 0. The number of nitrogens with one attached hydrogen (secondary N) is 1. The fraction of sp³-hybridized carbons (Fsp3) is 0.286. The topological polar surface area (TPSA) is 72.5 Å². The van der Waals surface area contributed by atoms with Gasteiger partial charge in [-0.2, -0.15) is 0 Å². The molecule has 27 heavy (non-hydrogen) atoms. The second kappa shape index (κ2) is 9.07. The highest BCUT2D eigenvalue weighted by molar-refractivity contribution is 6.01. The molecule has 2 rings (SSSR count). The number of hydrogen-bond donors (Lipinski definition) is 1. The van der Waals surface area contributed by atoms with E-state index in [1.807, 2.05) is 0 Å².